The average Bonchev–Trinajstić information content (AvgIpc) is 3.19. The fraction of sp³-hybridized carbons (Fsp3) is 0.364. The van der Waals surface area contributed by atoms with Crippen molar-refractivity contribution >= 4 is 32.4 Å². The molecule has 6 heteroatoms. The topological polar surface area (TPSA) is 52.7 Å². The maximum atomic E-state index is 12.7. The quantitative estimate of drug-likeness (QED) is 0.490. The molecule has 1 aliphatic heterocycles. The van der Waals surface area contributed by atoms with Gasteiger partial charge in [0.05, 0.1) is 6.04 Å². The maximum absolute atomic E-state index is 12.7. The van der Waals surface area contributed by atoms with Gasteiger partial charge in [0.15, 0.2) is 0 Å². The molecule has 3 rings (SSSR count). The smallest absolute Gasteiger partial charge is 0.317 e. The van der Waals surface area contributed by atoms with E-state index in [0.717, 1.165) is 25.1 Å². The number of amides is 2. The van der Waals surface area contributed by atoms with Crippen LogP contribution in [-0.4, -0.2) is 53.4 Å². The summed E-state index contributed by atoms with van der Waals surface area (Å²) in [5.74, 6) is 0.412. The van der Waals surface area contributed by atoms with Crippen molar-refractivity contribution < 1.29 is 9.59 Å². The van der Waals surface area contributed by atoms with E-state index >= 15 is 0 Å². The van der Waals surface area contributed by atoms with Crippen molar-refractivity contribution in [2.45, 2.75) is 18.4 Å². The first-order valence-corrected chi connectivity index (χ1v) is 10.6. The lowest BCUT2D eigenvalue weighted by Crippen LogP contribution is -2.42. The van der Waals surface area contributed by atoms with Crippen LogP contribution in [0.1, 0.15) is 39.9 Å². The number of nitrogens with one attached hydrogen (secondary N) is 1. The lowest BCUT2D eigenvalue weighted by molar-refractivity contribution is 0.110. The molecular formula is C22H26IN3O2. The first kappa shape index (κ1) is 20.8. The van der Waals surface area contributed by atoms with Gasteiger partial charge in [-0.1, -0.05) is 54.6 Å². The lowest BCUT2D eigenvalue weighted by Gasteiger charge is -2.26. The number of rotatable bonds is 6. The molecular weight excluding hydrogens is 465 g/mol. The van der Waals surface area contributed by atoms with Gasteiger partial charge in [0.2, 0.25) is 3.79 Å². The normalized spacial score (nSPS) is 17.6. The molecule has 0 aliphatic carbocycles. The van der Waals surface area contributed by atoms with E-state index < -0.39 is 0 Å². The van der Waals surface area contributed by atoms with Gasteiger partial charge in [-0.2, -0.15) is 0 Å². The van der Waals surface area contributed by atoms with Crippen LogP contribution in [-0.2, 0) is 0 Å². The molecule has 5 nitrogen and oxygen atoms in total. The Bertz CT molecular complexity index is 808. The van der Waals surface area contributed by atoms with E-state index in [0.29, 0.717) is 18.0 Å². The Hall–Kier alpha value is -1.93. The monoisotopic (exact) mass is 491 g/mol. The van der Waals surface area contributed by atoms with Gasteiger partial charge in [-0.3, -0.25) is 4.79 Å². The van der Waals surface area contributed by atoms with Crippen LogP contribution in [0, 0.1) is 0 Å². The van der Waals surface area contributed by atoms with Crippen molar-refractivity contribution in [3.63, 3.8) is 0 Å². The number of hydrogen-bond donors (Lipinski definition) is 1. The predicted molar refractivity (Wildman–Crippen MR) is 120 cm³/mol. The number of carbonyl (C=O) groups is 2. The van der Waals surface area contributed by atoms with Gasteiger partial charge in [0.1, 0.15) is 0 Å². The molecule has 1 aliphatic rings. The molecule has 0 saturated carbocycles. The molecule has 2 aromatic rings. The maximum Gasteiger partial charge on any atom is 0.317 e. The Labute approximate surface area is 180 Å². The van der Waals surface area contributed by atoms with Crippen molar-refractivity contribution in [1.82, 2.24) is 15.1 Å². The molecule has 2 atom stereocenters. The van der Waals surface area contributed by atoms with E-state index in [1.807, 2.05) is 49.3 Å². The molecule has 0 aromatic heterocycles. The number of carbonyl (C=O) groups excluding carboxylic acids is 2. The number of halogens is 1. The Morgan fingerprint density at radius 1 is 1.14 bits per heavy atom. The van der Waals surface area contributed by atoms with Crippen molar-refractivity contribution in [3.8, 4) is 0 Å². The van der Waals surface area contributed by atoms with Crippen LogP contribution in [0.3, 0.4) is 0 Å². The molecule has 0 spiro atoms. The highest BCUT2D eigenvalue weighted by atomic mass is 127. The van der Waals surface area contributed by atoms with E-state index in [9.17, 15) is 9.59 Å². The van der Waals surface area contributed by atoms with E-state index in [4.69, 9.17) is 0 Å². The summed E-state index contributed by atoms with van der Waals surface area (Å²) in [5, 5.41) is 3.09. The van der Waals surface area contributed by atoms with Gasteiger partial charge in [0.25, 0.3) is 0 Å². The Kier molecular flexibility index (Phi) is 7.07. The van der Waals surface area contributed by atoms with Crippen molar-refractivity contribution in [2.24, 2.45) is 0 Å². The summed E-state index contributed by atoms with van der Waals surface area (Å²) in [7, 11) is 3.99. The van der Waals surface area contributed by atoms with Crippen LogP contribution in [0.25, 0.3) is 0 Å². The zero-order valence-corrected chi connectivity index (χ0v) is 18.4. The van der Waals surface area contributed by atoms with Crippen molar-refractivity contribution in [1.29, 1.82) is 0 Å². The summed E-state index contributed by atoms with van der Waals surface area (Å²) < 4.78 is 0.0286. The molecule has 0 radical (unpaired) electrons. The largest absolute Gasteiger partial charge is 0.336 e. The van der Waals surface area contributed by atoms with Crippen LogP contribution < -0.4 is 5.32 Å². The Morgan fingerprint density at radius 2 is 1.82 bits per heavy atom. The average molecular weight is 491 g/mol. The standard InChI is InChI=1S/C22H26IN3O2/c1-25(2)20(17-8-10-18(11-9-17)21(23)27)14-24-22(28)26-13-12-19(15-26)16-6-4-3-5-7-16/h3-11,19-20H,12-15H2,1-2H3,(H,24,28)/t19-,20?/m1/s1. The van der Waals surface area contributed by atoms with Gasteiger partial charge in [0, 0.05) is 53.7 Å². The van der Waals surface area contributed by atoms with Crippen LogP contribution >= 0.6 is 22.6 Å². The van der Waals surface area contributed by atoms with Crippen LogP contribution in [0.5, 0.6) is 0 Å². The fourth-order valence-corrected chi connectivity index (χ4v) is 4.03. The van der Waals surface area contributed by atoms with Gasteiger partial charge in [-0.05, 0) is 31.6 Å². The molecule has 28 heavy (non-hydrogen) atoms. The van der Waals surface area contributed by atoms with Gasteiger partial charge in [-0.25, -0.2) is 4.79 Å². The molecule has 1 unspecified atom stereocenters. The second-order valence-electron chi connectivity index (χ2n) is 7.40. The van der Waals surface area contributed by atoms with Crippen LogP contribution in [0.4, 0.5) is 4.79 Å². The molecule has 1 N–H and O–H groups in total. The number of likely N-dealkylation sites (N-methyl/N-ethyl adjacent to an activating group) is 1. The third-order valence-corrected chi connectivity index (χ3v) is 5.96. The van der Waals surface area contributed by atoms with Crippen molar-refractivity contribution in [2.75, 3.05) is 33.7 Å². The minimum Gasteiger partial charge on any atom is -0.336 e. The molecule has 2 aromatic carbocycles. The van der Waals surface area contributed by atoms with Gasteiger partial charge >= 0.3 is 6.03 Å². The van der Waals surface area contributed by atoms with Crippen LogP contribution in [0.2, 0.25) is 0 Å². The van der Waals surface area contributed by atoms with Gasteiger partial charge in [-0.15, -0.1) is 0 Å². The second kappa shape index (κ2) is 9.52. The first-order chi connectivity index (χ1) is 13.5. The molecule has 1 fully saturated rings. The molecule has 1 heterocycles. The second-order valence-corrected chi connectivity index (χ2v) is 8.38. The molecule has 148 valence electrons. The first-order valence-electron chi connectivity index (χ1n) is 9.49. The summed E-state index contributed by atoms with van der Waals surface area (Å²) in [6.45, 7) is 2.06. The molecule has 0 bridgehead atoms. The third-order valence-electron chi connectivity index (χ3n) is 5.34. The minimum atomic E-state index is -0.00987. The highest BCUT2D eigenvalue weighted by molar-refractivity contribution is 14.1. The third kappa shape index (κ3) is 5.11. The molecule has 1 saturated heterocycles. The van der Waals surface area contributed by atoms with E-state index in [1.54, 1.807) is 22.6 Å². The number of hydrogen-bond acceptors (Lipinski definition) is 3. The van der Waals surface area contributed by atoms with Gasteiger partial charge < -0.3 is 15.1 Å². The van der Waals surface area contributed by atoms with E-state index in [2.05, 4.69) is 34.5 Å². The Balaban J connectivity index is 1.58. The minimum absolute atomic E-state index is 0.00987. The number of benzene rings is 2. The number of urea groups is 1. The summed E-state index contributed by atoms with van der Waals surface area (Å²) in [6, 6.07) is 18.0. The van der Waals surface area contributed by atoms with Crippen LogP contribution in [0.15, 0.2) is 54.6 Å². The van der Waals surface area contributed by atoms with Crippen molar-refractivity contribution in [3.05, 3.63) is 71.3 Å². The number of nitrogens with zero attached hydrogens (tertiary/aromatic N) is 2. The highest BCUT2D eigenvalue weighted by Gasteiger charge is 2.27. The Morgan fingerprint density at radius 3 is 2.43 bits per heavy atom. The summed E-state index contributed by atoms with van der Waals surface area (Å²) >= 11 is 1.79. The molecule has 2 amide bonds. The summed E-state index contributed by atoms with van der Waals surface area (Å²) in [5.41, 5.74) is 3.07. The predicted octanol–water partition coefficient (Wildman–Crippen LogP) is 4.06. The lowest BCUT2D eigenvalue weighted by atomic mass is 9.99. The zero-order valence-electron chi connectivity index (χ0n) is 16.3. The summed E-state index contributed by atoms with van der Waals surface area (Å²) in [6.07, 6.45) is 1.00. The fourth-order valence-electron chi connectivity index (χ4n) is 3.67. The summed E-state index contributed by atoms with van der Waals surface area (Å²) in [4.78, 5) is 28.1. The van der Waals surface area contributed by atoms with E-state index in [1.165, 1.54) is 5.56 Å². The number of likely N-dealkylation sites (tertiary alicyclic amines) is 1. The van der Waals surface area contributed by atoms with E-state index in [-0.39, 0.29) is 15.9 Å². The highest BCUT2D eigenvalue weighted by Crippen LogP contribution is 2.27. The SMILES string of the molecule is CN(C)C(CNC(=O)N1CC[C@@H](c2ccccc2)C1)c1ccc(C(=O)I)cc1. The zero-order chi connectivity index (χ0) is 20.1.